The zero-order valence-electron chi connectivity index (χ0n) is 11.8. The Morgan fingerprint density at radius 1 is 1.21 bits per heavy atom. The van der Waals surface area contributed by atoms with Crippen molar-refractivity contribution in [3.8, 4) is 5.75 Å². The number of ether oxygens (including phenoxy) is 1. The van der Waals surface area contributed by atoms with Gasteiger partial charge < -0.3 is 9.64 Å². The van der Waals surface area contributed by atoms with Crippen molar-refractivity contribution in [1.82, 2.24) is 10.2 Å². The van der Waals surface area contributed by atoms with Crippen molar-refractivity contribution in [2.24, 2.45) is 0 Å². The standard InChI is InChI=1S/C14H19N3OS/c1-10(2)13-15-16-14(19-13)17(3)9-11-5-7-12(18-4)8-6-11/h5-8,10H,9H2,1-4H3. The smallest absolute Gasteiger partial charge is 0.208 e. The summed E-state index contributed by atoms with van der Waals surface area (Å²) in [6, 6.07) is 8.09. The van der Waals surface area contributed by atoms with Crippen LogP contribution in [-0.2, 0) is 6.54 Å². The molecular formula is C14H19N3OS. The first-order valence-corrected chi connectivity index (χ1v) is 7.09. The molecule has 0 aliphatic heterocycles. The molecule has 4 nitrogen and oxygen atoms in total. The molecule has 0 radical (unpaired) electrons. The minimum atomic E-state index is 0.431. The van der Waals surface area contributed by atoms with Gasteiger partial charge in [0.25, 0.3) is 0 Å². The molecule has 19 heavy (non-hydrogen) atoms. The van der Waals surface area contributed by atoms with Crippen LogP contribution in [0.15, 0.2) is 24.3 Å². The molecule has 1 aromatic heterocycles. The Morgan fingerprint density at radius 3 is 2.42 bits per heavy atom. The van der Waals surface area contributed by atoms with Gasteiger partial charge in [0.2, 0.25) is 5.13 Å². The van der Waals surface area contributed by atoms with Gasteiger partial charge in [-0.05, 0) is 17.7 Å². The van der Waals surface area contributed by atoms with Crippen LogP contribution < -0.4 is 9.64 Å². The fourth-order valence-electron chi connectivity index (χ4n) is 1.69. The third kappa shape index (κ3) is 3.44. The number of nitrogens with zero attached hydrogens (tertiary/aromatic N) is 3. The molecule has 0 spiro atoms. The Balaban J connectivity index is 2.04. The van der Waals surface area contributed by atoms with Crippen LogP contribution in [0, 0.1) is 0 Å². The summed E-state index contributed by atoms with van der Waals surface area (Å²) in [7, 11) is 3.71. The molecule has 102 valence electrons. The zero-order chi connectivity index (χ0) is 13.8. The van der Waals surface area contributed by atoms with Crippen molar-refractivity contribution in [1.29, 1.82) is 0 Å². The highest BCUT2D eigenvalue weighted by molar-refractivity contribution is 7.15. The van der Waals surface area contributed by atoms with Crippen molar-refractivity contribution in [3.05, 3.63) is 34.8 Å². The van der Waals surface area contributed by atoms with Crippen molar-refractivity contribution >= 4 is 16.5 Å². The molecule has 0 saturated carbocycles. The van der Waals surface area contributed by atoms with Crippen LogP contribution in [-0.4, -0.2) is 24.4 Å². The monoisotopic (exact) mass is 277 g/mol. The Kier molecular flexibility index (Phi) is 4.37. The van der Waals surface area contributed by atoms with E-state index in [-0.39, 0.29) is 0 Å². The lowest BCUT2D eigenvalue weighted by Gasteiger charge is -2.15. The van der Waals surface area contributed by atoms with Crippen molar-refractivity contribution in [2.45, 2.75) is 26.3 Å². The highest BCUT2D eigenvalue weighted by Crippen LogP contribution is 2.25. The van der Waals surface area contributed by atoms with Gasteiger partial charge >= 0.3 is 0 Å². The number of anilines is 1. The number of methoxy groups -OCH3 is 1. The van der Waals surface area contributed by atoms with Gasteiger partial charge in [-0.1, -0.05) is 37.3 Å². The fraction of sp³-hybridized carbons (Fsp3) is 0.429. The number of hydrogen-bond donors (Lipinski definition) is 0. The summed E-state index contributed by atoms with van der Waals surface area (Å²) in [4.78, 5) is 2.12. The van der Waals surface area contributed by atoms with Gasteiger partial charge in [-0.15, -0.1) is 10.2 Å². The van der Waals surface area contributed by atoms with Crippen LogP contribution >= 0.6 is 11.3 Å². The second-order valence-electron chi connectivity index (χ2n) is 4.78. The molecule has 0 bridgehead atoms. The maximum atomic E-state index is 5.15. The number of benzene rings is 1. The Bertz CT molecular complexity index is 522. The Labute approximate surface area is 118 Å². The molecule has 2 rings (SSSR count). The molecule has 0 unspecified atom stereocenters. The van der Waals surface area contributed by atoms with E-state index in [0.29, 0.717) is 5.92 Å². The van der Waals surface area contributed by atoms with Crippen molar-refractivity contribution in [3.63, 3.8) is 0 Å². The molecule has 0 aliphatic rings. The van der Waals surface area contributed by atoms with Crippen LogP contribution in [0.2, 0.25) is 0 Å². The Hall–Kier alpha value is -1.62. The van der Waals surface area contributed by atoms with E-state index in [0.717, 1.165) is 22.4 Å². The van der Waals surface area contributed by atoms with Gasteiger partial charge in [-0.2, -0.15) is 0 Å². The average molecular weight is 277 g/mol. The minimum Gasteiger partial charge on any atom is -0.497 e. The predicted molar refractivity (Wildman–Crippen MR) is 79.1 cm³/mol. The first kappa shape index (κ1) is 13.8. The van der Waals surface area contributed by atoms with E-state index in [1.807, 2.05) is 19.2 Å². The third-order valence-corrected chi connectivity index (χ3v) is 4.17. The largest absolute Gasteiger partial charge is 0.497 e. The number of hydrogen-bond acceptors (Lipinski definition) is 5. The topological polar surface area (TPSA) is 38.2 Å². The van der Waals surface area contributed by atoms with Crippen LogP contribution in [0.1, 0.15) is 30.3 Å². The van der Waals surface area contributed by atoms with Gasteiger partial charge in [0.1, 0.15) is 10.8 Å². The molecule has 0 N–H and O–H groups in total. The molecule has 0 amide bonds. The second kappa shape index (κ2) is 6.02. The summed E-state index contributed by atoms with van der Waals surface area (Å²) in [6.07, 6.45) is 0. The van der Waals surface area contributed by atoms with Crippen LogP contribution in [0.25, 0.3) is 0 Å². The number of rotatable bonds is 5. The minimum absolute atomic E-state index is 0.431. The van der Waals surface area contributed by atoms with Gasteiger partial charge in [0.15, 0.2) is 0 Å². The molecule has 0 aliphatic carbocycles. The SMILES string of the molecule is COc1ccc(CN(C)c2nnc(C(C)C)s2)cc1. The van der Waals surface area contributed by atoms with Crippen LogP contribution in [0.5, 0.6) is 5.75 Å². The van der Waals surface area contributed by atoms with Crippen molar-refractivity contribution in [2.75, 3.05) is 19.1 Å². The molecule has 0 saturated heterocycles. The summed E-state index contributed by atoms with van der Waals surface area (Å²) in [5.41, 5.74) is 1.23. The van der Waals surface area contributed by atoms with E-state index in [4.69, 9.17) is 4.74 Å². The van der Waals surface area contributed by atoms with E-state index in [1.165, 1.54) is 5.56 Å². The highest BCUT2D eigenvalue weighted by atomic mass is 32.1. The van der Waals surface area contributed by atoms with E-state index in [9.17, 15) is 0 Å². The summed E-state index contributed by atoms with van der Waals surface area (Å²) < 4.78 is 5.15. The molecule has 2 aromatic rings. The second-order valence-corrected chi connectivity index (χ2v) is 5.77. The normalized spacial score (nSPS) is 10.8. The summed E-state index contributed by atoms with van der Waals surface area (Å²) in [5.74, 6) is 1.31. The molecule has 5 heteroatoms. The first-order valence-electron chi connectivity index (χ1n) is 6.27. The first-order chi connectivity index (χ1) is 9.10. The fourth-order valence-corrected chi connectivity index (χ4v) is 2.49. The third-order valence-electron chi connectivity index (χ3n) is 2.83. The van der Waals surface area contributed by atoms with Crippen molar-refractivity contribution < 1.29 is 4.74 Å². The molecule has 0 fully saturated rings. The molecule has 1 aromatic carbocycles. The summed E-state index contributed by atoms with van der Waals surface area (Å²) >= 11 is 1.65. The van der Waals surface area contributed by atoms with Gasteiger partial charge in [0, 0.05) is 19.5 Å². The van der Waals surface area contributed by atoms with E-state index >= 15 is 0 Å². The Morgan fingerprint density at radius 2 is 1.89 bits per heavy atom. The number of aromatic nitrogens is 2. The lowest BCUT2D eigenvalue weighted by atomic mass is 10.2. The maximum Gasteiger partial charge on any atom is 0.208 e. The maximum absolute atomic E-state index is 5.15. The summed E-state index contributed by atoms with van der Waals surface area (Å²) in [5, 5.41) is 10.5. The molecule has 1 heterocycles. The lowest BCUT2D eigenvalue weighted by molar-refractivity contribution is 0.414. The van der Waals surface area contributed by atoms with Gasteiger partial charge in [-0.3, -0.25) is 0 Å². The molecule has 0 atom stereocenters. The molecular weight excluding hydrogens is 258 g/mol. The predicted octanol–water partition coefficient (Wildman–Crippen LogP) is 3.31. The lowest BCUT2D eigenvalue weighted by Crippen LogP contribution is -2.15. The van der Waals surface area contributed by atoms with Crippen LogP contribution in [0.4, 0.5) is 5.13 Å². The van der Waals surface area contributed by atoms with E-state index < -0.39 is 0 Å². The van der Waals surface area contributed by atoms with Gasteiger partial charge in [0.05, 0.1) is 7.11 Å². The van der Waals surface area contributed by atoms with Crippen LogP contribution in [0.3, 0.4) is 0 Å². The van der Waals surface area contributed by atoms with E-state index in [2.05, 4.69) is 41.1 Å². The zero-order valence-corrected chi connectivity index (χ0v) is 12.6. The summed E-state index contributed by atoms with van der Waals surface area (Å²) in [6.45, 7) is 5.08. The highest BCUT2D eigenvalue weighted by Gasteiger charge is 2.11. The average Bonchev–Trinajstić information content (AvgIpc) is 2.89. The van der Waals surface area contributed by atoms with Gasteiger partial charge in [-0.25, -0.2) is 0 Å². The quantitative estimate of drug-likeness (QED) is 0.840. The van der Waals surface area contributed by atoms with E-state index in [1.54, 1.807) is 18.4 Å².